The van der Waals surface area contributed by atoms with E-state index in [1.165, 1.54) is 30.3 Å². The molecular weight excluding hydrogens is 320 g/mol. The molecule has 2 rings (SSSR count). The van der Waals surface area contributed by atoms with E-state index in [4.69, 9.17) is 4.74 Å². The second-order valence-electron chi connectivity index (χ2n) is 3.49. The van der Waals surface area contributed by atoms with Crippen molar-refractivity contribution in [1.82, 2.24) is 0 Å². The Morgan fingerprint density at radius 2 is 1.84 bits per heavy atom. The molecule has 0 aromatic heterocycles. The van der Waals surface area contributed by atoms with Crippen LogP contribution in [0.1, 0.15) is 0 Å². The van der Waals surface area contributed by atoms with Crippen molar-refractivity contribution in [3.8, 4) is 11.5 Å². The summed E-state index contributed by atoms with van der Waals surface area (Å²) in [4.78, 5) is 13.5. The Labute approximate surface area is 115 Å². The monoisotopic (exact) mass is 325 g/mol. The van der Waals surface area contributed by atoms with Crippen molar-refractivity contribution in [3.63, 3.8) is 0 Å². The van der Waals surface area contributed by atoms with Crippen LogP contribution in [0.25, 0.3) is 0 Å². The van der Waals surface area contributed by atoms with E-state index in [0.29, 0.717) is 15.9 Å². The van der Waals surface area contributed by atoms with Crippen LogP contribution < -0.4 is 4.74 Å². The van der Waals surface area contributed by atoms with E-state index in [1.54, 1.807) is 0 Å². The minimum Gasteiger partial charge on any atom is -0.453 e. The van der Waals surface area contributed by atoms with E-state index >= 15 is 0 Å². The fourth-order valence-electron chi connectivity index (χ4n) is 1.37. The smallest absolute Gasteiger partial charge is 0.240 e. The molecule has 0 aliphatic heterocycles. The van der Waals surface area contributed by atoms with Gasteiger partial charge < -0.3 is 4.74 Å². The average molecular weight is 326 g/mol. The number of rotatable bonds is 3. The zero-order valence-corrected chi connectivity index (χ0v) is 10.9. The molecule has 0 fully saturated rings. The van der Waals surface area contributed by atoms with Crippen molar-refractivity contribution >= 4 is 27.7 Å². The minimum atomic E-state index is -0.804. The number of hydrogen-bond acceptors (Lipinski definition) is 3. The minimum absolute atomic E-state index is 0.103. The van der Waals surface area contributed by atoms with Crippen LogP contribution in [-0.2, 0) is 4.79 Å². The van der Waals surface area contributed by atoms with Crippen LogP contribution in [0.5, 0.6) is 11.5 Å². The van der Waals surface area contributed by atoms with E-state index < -0.39 is 11.6 Å². The largest absolute Gasteiger partial charge is 0.453 e. The van der Waals surface area contributed by atoms with Gasteiger partial charge in [-0.05, 0) is 46.3 Å². The first-order valence-corrected chi connectivity index (χ1v) is 5.90. The van der Waals surface area contributed by atoms with E-state index in [9.17, 15) is 13.6 Å². The number of hydrogen-bond donors (Lipinski definition) is 0. The number of benzene rings is 2. The lowest BCUT2D eigenvalue weighted by Crippen LogP contribution is -1.90. The molecule has 3 nitrogen and oxygen atoms in total. The molecule has 0 aliphatic carbocycles. The second-order valence-corrected chi connectivity index (χ2v) is 4.35. The molecule has 0 radical (unpaired) electrons. The standard InChI is InChI=1S/C13H6BrF2NO2/c14-10-6-9(17-7-18)2-4-12(10)19-13-3-1-8(15)5-11(13)16/h1-6H. The Morgan fingerprint density at radius 3 is 2.47 bits per heavy atom. The number of halogens is 3. The molecule has 0 saturated heterocycles. The SMILES string of the molecule is O=C=Nc1ccc(Oc2ccc(F)cc2F)c(Br)c1. The molecule has 0 amide bonds. The van der Waals surface area contributed by atoms with Gasteiger partial charge in [-0.3, -0.25) is 0 Å². The van der Waals surface area contributed by atoms with Crippen LogP contribution in [0, 0.1) is 11.6 Å². The lowest BCUT2D eigenvalue weighted by Gasteiger charge is -2.08. The number of nitrogens with zero attached hydrogens (tertiary/aromatic N) is 1. The van der Waals surface area contributed by atoms with E-state index in [0.717, 1.165) is 12.1 Å². The number of ether oxygens (including phenoxy) is 1. The molecular formula is C13H6BrF2NO2. The van der Waals surface area contributed by atoms with Crippen LogP contribution in [0.15, 0.2) is 45.9 Å². The van der Waals surface area contributed by atoms with Gasteiger partial charge in [-0.1, -0.05) is 0 Å². The number of carbonyl (C=O) groups excluding carboxylic acids is 1. The van der Waals surface area contributed by atoms with Crippen LogP contribution in [0.3, 0.4) is 0 Å². The van der Waals surface area contributed by atoms with Gasteiger partial charge in [0, 0.05) is 6.07 Å². The summed E-state index contributed by atoms with van der Waals surface area (Å²) in [5, 5.41) is 0. The Bertz CT molecular complexity index is 670. The normalized spacial score (nSPS) is 9.84. The highest BCUT2D eigenvalue weighted by atomic mass is 79.9. The predicted octanol–water partition coefficient (Wildman–Crippen LogP) is 4.49. The molecule has 0 bridgehead atoms. The Hall–Kier alpha value is -2.04. The Kier molecular flexibility index (Phi) is 4.04. The molecule has 2 aromatic rings. The van der Waals surface area contributed by atoms with Gasteiger partial charge in [-0.25, -0.2) is 13.6 Å². The summed E-state index contributed by atoms with van der Waals surface area (Å²) < 4.78 is 31.9. The second kappa shape index (κ2) is 5.73. The fourth-order valence-corrected chi connectivity index (χ4v) is 1.82. The van der Waals surface area contributed by atoms with Crippen molar-refractivity contribution in [2.24, 2.45) is 4.99 Å². The van der Waals surface area contributed by atoms with Gasteiger partial charge >= 0.3 is 0 Å². The fraction of sp³-hybridized carbons (Fsp3) is 0. The lowest BCUT2D eigenvalue weighted by atomic mass is 10.3. The summed E-state index contributed by atoms with van der Waals surface area (Å²) in [6.45, 7) is 0. The average Bonchev–Trinajstić information content (AvgIpc) is 2.36. The molecule has 0 N–H and O–H groups in total. The highest BCUT2D eigenvalue weighted by Crippen LogP contribution is 2.33. The van der Waals surface area contributed by atoms with Gasteiger partial charge in [0.25, 0.3) is 0 Å². The Balaban J connectivity index is 2.30. The molecule has 0 spiro atoms. The molecule has 0 unspecified atom stereocenters. The van der Waals surface area contributed by atoms with E-state index in [2.05, 4.69) is 20.9 Å². The zero-order chi connectivity index (χ0) is 13.8. The van der Waals surface area contributed by atoms with Crippen LogP contribution in [0.2, 0.25) is 0 Å². The predicted molar refractivity (Wildman–Crippen MR) is 68.4 cm³/mol. The molecule has 0 atom stereocenters. The van der Waals surface area contributed by atoms with Gasteiger partial charge in [0.05, 0.1) is 10.2 Å². The molecule has 19 heavy (non-hydrogen) atoms. The van der Waals surface area contributed by atoms with Crippen LogP contribution >= 0.6 is 15.9 Å². The molecule has 2 aromatic carbocycles. The first kappa shape index (κ1) is 13.4. The van der Waals surface area contributed by atoms with Gasteiger partial charge in [-0.2, -0.15) is 4.99 Å². The van der Waals surface area contributed by atoms with Crippen molar-refractivity contribution in [2.75, 3.05) is 0 Å². The third kappa shape index (κ3) is 3.24. The third-order valence-electron chi connectivity index (χ3n) is 2.20. The van der Waals surface area contributed by atoms with Crippen LogP contribution in [0.4, 0.5) is 14.5 Å². The van der Waals surface area contributed by atoms with Crippen molar-refractivity contribution < 1.29 is 18.3 Å². The van der Waals surface area contributed by atoms with Crippen molar-refractivity contribution in [1.29, 1.82) is 0 Å². The van der Waals surface area contributed by atoms with E-state index in [1.807, 2.05) is 0 Å². The number of isocyanates is 1. The summed E-state index contributed by atoms with van der Waals surface area (Å²) in [6, 6.07) is 7.54. The quantitative estimate of drug-likeness (QED) is 0.616. The van der Waals surface area contributed by atoms with Gasteiger partial charge in [-0.15, -0.1) is 0 Å². The maximum atomic E-state index is 13.4. The Morgan fingerprint density at radius 1 is 1.11 bits per heavy atom. The van der Waals surface area contributed by atoms with Crippen molar-refractivity contribution in [3.05, 3.63) is 52.5 Å². The lowest BCUT2D eigenvalue weighted by molar-refractivity contribution is 0.435. The summed E-state index contributed by atoms with van der Waals surface area (Å²) in [7, 11) is 0. The molecule has 0 saturated carbocycles. The van der Waals surface area contributed by atoms with E-state index in [-0.39, 0.29) is 5.75 Å². The summed E-state index contributed by atoms with van der Waals surface area (Å²) >= 11 is 3.20. The molecule has 0 heterocycles. The molecule has 0 aliphatic rings. The first-order chi connectivity index (χ1) is 9.10. The first-order valence-electron chi connectivity index (χ1n) is 5.10. The van der Waals surface area contributed by atoms with Gasteiger partial charge in [0.1, 0.15) is 11.6 Å². The maximum absolute atomic E-state index is 13.4. The van der Waals surface area contributed by atoms with Gasteiger partial charge in [0.2, 0.25) is 6.08 Å². The maximum Gasteiger partial charge on any atom is 0.240 e. The van der Waals surface area contributed by atoms with Crippen LogP contribution in [-0.4, -0.2) is 6.08 Å². The summed E-state index contributed by atoms with van der Waals surface area (Å²) in [5.41, 5.74) is 0.383. The molecule has 6 heteroatoms. The number of aliphatic imine (C=N–C) groups is 1. The third-order valence-corrected chi connectivity index (χ3v) is 2.82. The van der Waals surface area contributed by atoms with Gasteiger partial charge in [0.15, 0.2) is 11.6 Å². The summed E-state index contributed by atoms with van der Waals surface area (Å²) in [5.74, 6) is -1.27. The highest BCUT2D eigenvalue weighted by Gasteiger charge is 2.09. The summed E-state index contributed by atoms with van der Waals surface area (Å²) in [6.07, 6.45) is 1.41. The topological polar surface area (TPSA) is 38.7 Å². The van der Waals surface area contributed by atoms with Crippen molar-refractivity contribution in [2.45, 2.75) is 0 Å². The molecule has 96 valence electrons. The zero-order valence-electron chi connectivity index (χ0n) is 9.36. The highest BCUT2D eigenvalue weighted by molar-refractivity contribution is 9.10.